The predicted molar refractivity (Wildman–Crippen MR) is 93.4 cm³/mol. The lowest BCUT2D eigenvalue weighted by atomic mass is 10.0. The lowest BCUT2D eigenvalue weighted by Gasteiger charge is -2.34. The van der Waals surface area contributed by atoms with E-state index in [1.807, 2.05) is 17.2 Å². The van der Waals surface area contributed by atoms with E-state index in [2.05, 4.69) is 40.2 Å². The van der Waals surface area contributed by atoms with Crippen molar-refractivity contribution in [3.8, 4) is 11.1 Å². The molecule has 1 aromatic heterocycles. The molecule has 0 bridgehead atoms. The number of carbonyl (C=O) groups is 1. The third-order valence-corrected chi connectivity index (χ3v) is 4.29. The molecule has 1 fully saturated rings. The van der Waals surface area contributed by atoms with Crippen molar-refractivity contribution < 1.29 is 9.53 Å². The number of aromatic nitrogens is 1. The molecule has 3 rings (SSSR count). The minimum atomic E-state index is 0.182. The Morgan fingerprint density at radius 1 is 1.17 bits per heavy atom. The first kappa shape index (κ1) is 16.6. The second-order valence-electron chi connectivity index (χ2n) is 6.03. The molecule has 2 aromatic rings. The van der Waals surface area contributed by atoms with Gasteiger partial charge in [-0.1, -0.05) is 24.3 Å². The van der Waals surface area contributed by atoms with E-state index in [4.69, 9.17) is 4.74 Å². The first-order chi connectivity index (χ1) is 11.8. The van der Waals surface area contributed by atoms with Gasteiger partial charge in [0.25, 0.3) is 0 Å². The fraction of sp³-hybridized carbons (Fsp3) is 0.368. The summed E-state index contributed by atoms with van der Waals surface area (Å²) in [6.45, 7) is 4.20. The van der Waals surface area contributed by atoms with Crippen molar-refractivity contribution in [1.82, 2.24) is 14.8 Å². The number of carbonyl (C=O) groups excluding carboxylic acids is 1. The third-order valence-electron chi connectivity index (χ3n) is 4.29. The summed E-state index contributed by atoms with van der Waals surface area (Å²) in [7, 11) is 1.66. The number of pyridine rings is 1. The van der Waals surface area contributed by atoms with E-state index in [1.54, 1.807) is 13.3 Å². The van der Waals surface area contributed by atoms with Crippen LogP contribution in [0.3, 0.4) is 0 Å². The minimum Gasteiger partial charge on any atom is -0.383 e. The molecule has 0 atom stereocenters. The van der Waals surface area contributed by atoms with Crippen LogP contribution in [0.5, 0.6) is 0 Å². The Morgan fingerprint density at radius 2 is 2.04 bits per heavy atom. The van der Waals surface area contributed by atoms with E-state index in [1.165, 1.54) is 5.56 Å². The maximum Gasteiger partial charge on any atom is 0.236 e. The SMILES string of the molecule is COCCN1CCN(Cc2cccc(-c3cccnc3)c2)CC1=O. The van der Waals surface area contributed by atoms with Crippen molar-refractivity contribution in [3.05, 3.63) is 54.4 Å². The van der Waals surface area contributed by atoms with Gasteiger partial charge in [0.05, 0.1) is 13.2 Å². The summed E-state index contributed by atoms with van der Waals surface area (Å²) in [6.07, 6.45) is 3.65. The van der Waals surface area contributed by atoms with E-state index in [9.17, 15) is 4.79 Å². The lowest BCUT2D eigenvalue weighted by molar-refractivity contribution is -0.136. The Hall–Kier alpha value is -2.24. The largest absolute Gasteiger partial charge is 0.383 e. The van der Waals surface area contributed by atoms with Crippen LogP contribution < -0.4 is 0 Å². The quantitative estimate of drug-likeness (QED) is 0.815. The Morgan fingerprint density at radius 3 is 2.79 bits per heavy atom. The van der Waals surface area contributed by atoms with E-state index < -0.39 is 0 Å². The molecule has 0 saturated carbocycles. The van der Waals surface area contributed by atoms with Gasteiger partial charge in [-0.3, -0.25) is 14.7 Å². The van der Waals surface area contributed by atoms with Crippen LogP contribution in [0.25, 0.3) is 11.1 Å². The summed E-state index contributed by atoms with van der Waals surface area (Å²) in [5.74, 6) is 0.182. The molecular weight excluding hydrogens is 302 g/mol. The number of hydrogen-bond acceptors (Lipinski definition) is 4. The van der Waals surface area contributed by atoms with Crippen LogP contribution in [0.4, 0.5) is 0 Å². The minimum absolute atomic E-state index is 0.182. The van der Waals surface area contributed by atoms with Crippen LogP contribution in [0.2, 0.25) is 0 Å². The maximum atomic E-state index is 12.2. The molecular formula is C19H23N3O2. The second kappa shape index (κ2) is 8.04. The van der Waals surface area contributed by atoms with Gasteiger partial charge in [0.2, 0.25) is 5.91 Å². The topological polar surface area (TPSA) is 45.7 Å². The smallest absolute Gasteiger partial charge is 0.236 e. The van der Waals surface area contributed by atoms with Gasteiger partial charge in [-0.15, -0.1) is 0 Å². The lowest BCUT2D eigenvalue weighted by Crippen LogP contribution is -2.50. The summed E-state index contributed by atoms with van der Waals surface area (Å²) in [6, 6.07) is 12.5. The Labute approximate surface area is 142 Å². The first-order valence-electron chi connectivity index (χ1n) is 8.24. The average Bonchev–Trinajstić information content (AvgIpc) is 2.62. The summed E-state index contributed by atoms with van der Waals surface area (Å²) in [5, 5.41) is 0. The van der Waals surface area contributed by atoms with Crippen LogP contribution in [0.15, 0.2) is 48.8 Å². The van der Waals surface area contributed by atoms with Gasteiger partial charge in [0.15, 0.2) is 0 Å². The highest BCUT2D eigenvalue weighted by Crippen LogP contribution is 2.20. The molecule has 5 nitrogen and oxygen atoms in total. The number of benzene rings is 1. The molecule has 126 valence electrons. The number of nitrogens with zero attached hydrogens (tertiary/aromatic N) is 3. The number of piperazine rings is 1. The van der Waals surface area contributed by atoms with Gasteiger partial charge >= 0.3 is 0 Å². The van der Waals surface area contributed by atoms with Crippen LogP contribution in [0.1, 0.15) is 5.56 Å². The molecule has 0 radical (unpaired) electrons. The van der Waals surface area contributed by atoms with Crippen molar-refractivity contribution in [2.75, 3.05) is 39.9 Å². The van der Waals surface area contributed by atoms with Gasteiger partial charge in [0.1, 0.15) is 0 Å². The Balaban J connectivity index is 1.62. The molecule has 0 N–H and O–H groups in total. The monoisotopic (exact) mass is 325 g/mol. The number of methoxy groups -OCH3 is 1. The maximum absolute atomic E-state index is 12.2. The first-order valence-corrected chi connectivity index (χ1v) is 8.24. The molecule has 0 spiro atoms. The number of ether oxygens (including phenoxy) is 1. The summed E-state index contributed by atoms with van der Waals surface area (Å²) < 4.78 is 5.06. The van der Waals surface area contributed by atoms with Crippen molar-refractivity contribution in [3.63, 3.8) is 0 Å². The number of hydrogen-bond donors (Lipinski definition) is 0. The van der Waals surface area contributed by atoms with Crippen molar-refractivity contribution >= 4 is 5.91 Å². The summed E-state index contributed by atoms with van der Waals surface area (Å²) in [4.78, 5) is 20.5. The number of amides is 1. The van der Waals surface area contributed by atoms with E-state index in [0.717, 1.165) is 30.8 Å². The van der Waals surface area contributed by atoms with E-state index in [-0.39, 0.29) is 5.91 Å². The predicted octanol–water partition coefficient (Wildman–Crippen LogP) is 2.04. The fourth-order valence-corrected chi connectivity index (χ4v) is 2.97. The fourth-order valence-electron chi connectivity index (χ4n) is 2.97. The zero-order valence-electron chi connectivity index (χ0n) is 14.0. The standard InChI is InChI=1S/C19H23N3O2/c1-24-11-10-22-9-8-21(15-19(22)23)14-16-4-2-5-17(12-16)18-6-3-7-20-13-18/h2-7,12-13H,8-11,14-15H2,1H3. The van der Waals surface area contributed by atoms with Crippen molar-refractivity contribution in [1.29, 1.82) is 0 Å². The molecule has 0 unspecified atom stereocenters. The van der Waals surface area contributed by atoms with Gasteiger partial charge in [0, 0.05) is 45.7 Å². The molecule has 1 amide bonds. The second-order valence-corrected chi connectivity index (χ2v) is 6.03. The normalized spacial score (nSPS) is 15.7. The van der Waals surface area contributed by atoms with Crippen LogP contribution in [0, 0.1) is 0 Å². The van der Waals surface area contributed by atoms with E-state index >= 15 is 0 Å². The highest BCUT2D eigenvalue weighted by atomic mass is 16.5. The molecule has 2 heterocycles. The molecule has 1 aliphatic heterocycles. The third kappa shape index (κ3) is 4.19. The number of rotatable bonds is 6. The average molecular weight is 325 g/mol. The van der Waals surface area contributed by atoms with E-state index in [0.29, 0.717) is 19.7 Å². The molecule has 5 heteroatoms. The summed E-state index contributed by atoms with van der Waals surface area (Å²) >= 11 is 0. The zero-order chi connectivity index (χ0) is 16.8. The van der Waals surface area contributed by atoms with Crippen LogP contribution in [-0.4, -0.2) is 60.6 Å². The van der Waals surface area contributed by atoms with Gasteiger partial charge in [-0.05, 0) is 28.8 Å². The summed E-state index contributed by atoms with van der Waals surface area (Å²) in [5.41, 5.74) is 3.49. The molecule has 24 heavy (non-hydrogen) atoms. The van der Waals surface area contributed by atoms with Crippen LogP contribution in [-0.2, 0) is 16.1 Å². The van der Waals surface area contributed by atoms with Crippen LogP contribution >= 0.6 is 0 Å². The molecule has 0 aliphatic carbocycles. The highest BCUT2D eigenvalue weighted by Gasteiger charge is 2.23. The molecule has 1 aliphatic rings. The molecule has 1 aromatic carbocycles. The van der Waals surface area contributed by atoms with Crippen molar-refractivity contribution in [2.45, 2.75) is 6.54 Å². The zero-order valence-corrected chi connectivity index (χ0v) is 14.0. The highest BCUT2D eigenvalue weighted by molar-refractivity contribution is 5.79. The Kier molecular flexibility index (Phi) is 5.56. The van der Waals surface area contributed by atoms with Gasteiger partial charge in [-0.25, -0.2) is 0 Å². The van der Waals surface area contributed by atoms with Gasteiger partial charge < -0.3 is 9.64 Å². The molecule has 1 saturated heterocycles. The van der Waals surface area contributed by atoms with Crippen molar-refractivity contribution in [2.24, 2.45) is 0 Å². The van der Waals surface area contributed by atoms with Gasteiger partial charge in [-0.2, -0.15) is 0 Å². The Bertz CT molecular complexity index is 675.